The minimum atomic E-state index is -1.61. The van der Waals surface area contributed by atoms with E-state index in [1.54, 1.807) is 6.08 Å². The monoisotopic (exact) mass is 378 g/mol. The molecule has 0 radical (unpaired) electrons. The summed E-state index contributed by atoms with van der Waals surface area (Å²) in [6.45, 7) is 3.12. The van der Waals surface area contributed by atoms with E-state index in [2.05, 4.69) is 0 Å². The molecule has 0 amide bonds. The lowest BCUT2D eigenvalue weighted by Gasteiger charge is -2.61. The highest BCUT2D eigenvalue weighted by molar-refractivity contribution is 5.92. The minimum absolute atomic E-state index is 0.0367. The van der Waals surface area contributed by atoms with Crippen molar-refractivity contribution in [1.82, 2.24) is 0 Å². The summed E-state index contributed by atoms with van der Waals surface area (Å²) in [4.78, 5) is 24.3. The maximum Gasteiger partial charge on any atom is 0.190 e. The van der Waals surface area contributed by atoms with Gasteiger partial charge in [0.1, 0.15) is 12.2 Å². The summed E-state index contributed by atoms with van der Waals surface area (Å²) in [6, 6.07) is 0. The first-order valence-electron chi connectivity index (χ1n) is 10.1. The first-order valence-corrected chi connectivity index (χ1v) is 10.1. The zero-order valence-corrected chi connectivity index (χ0v) is 16.0. The Balaban J connectivity index is 1.76. The second-order valence-electron chi connectivity index (χ2n) is 9.64. The molecule has 6 nitrogen and oxygen atoms in total. The molecule has 150 valence electrons. The van der Waals surface area contributed by atoms with Gasteiger partial charge in [0.25, 0.3) is 0 Å². The molecule has 4 aliphatic carbocycles. The Morgan fingerprint density at radius 3 is 2.63 bits per heavy atom. The Hall–Kier alpha value is -1.08. The number of fused-ring (bicyclic) bond motifs is 5. The minimum Gasteiger partial charge on any atom is -0.393 e. The maximum atomic E-state index is 12.4. The van der Waals surface area contributed by atoms with E-state index >= 15 is 0 Å². The molecule has 3 fully saturated rings. The van der Waals surface area contributed by atoms with Gasteiger partial charge in [0.15, 0.2) is 11.6 Å². The largest absolute Gasteiger partial charge is 0.393 e. The van der Waals surface area contributed by atoms with Gasteiger partial charge in [-0.2, -0.15) is 0 Å². The standard InChI is InChI=1S/C21H30O6/c1-19-9-15(24)18-13(14(19)5-6-21(19,27)17(26)10-22)4-3-11-7-12(23)8-16(25)20(11,18)2/h7,13-16,18,22,24-25,27H,3-6,8-10H2,1-2H3/t13-,14-,15+,16?,18+,19-,20+,21-/m0/s1. The average Bonchev–Trinajstić information content (AvgIpc) is 2.87. The number of aliphatic hydroxyl groups is 4. The van der Waals surface area contributed by atoms with Crippen molar-refractivity contribution < 1.29 is 30.0 Å². The quantitative estimate of drug-likeness (QED) is 0.564. The number of hydrogen-bond acceptors (Lipinski definition) is 6. The van der Waals surface area contributed by atoms with Crippen LogP contribution in [-0.4, -0.2) is 56.4 Å². The van der Waals surface area contributed by atoms with Crippen molar-refractivity contribution in [3.8, 4) is 0 Å². The second-order valence-corrected chi connectivity index (χ2v) is 9.64. The van der Waals surface area contributed by atoms with Crippen LogP contribution in [-0.2, 0) is 9.59 Å². The van der Waals surface area contributed by atoms with Gasteiger partial charge in [-0.1, -0.05) is 19.4 Å². The molecule has 4 N–H and O–H groups in total. The van der Waals surface area contributed by atoms with Gasteiger partial charge in [-0.05, 0) is 55.9 Å². The Labute approximate surface area is 159 Å². The molecule has 0 aromatic rings. The number of aliphatic hydroxyl groups excluding tert-OH is 3. The van der Waals surface area contributed by atoms with Gasteiger partial charge in [-0.3, -0.25) is 9.59 Å². The van der Waals surface area contributed by atoms with Crippen LogP contribution in [0.4, 0.5) is 0 Å². The molecule has 27 heavy (non-hydrogen) atoms. The molecule has 4 rings (SSSR count). The molecule has 1 unspecified atom stereocenters. The van der Waals surface area contributed by atoms with Crippen LogP contribution >= 0.6 is 0 Å². The lowest BCUT2D eigenvalue weighted by atomic mass is 9.45. The average molecular weight is 378 g/mol. The predicted octanol–water partition coefficient (Wildman–Crippen LogP) is 0.752. The van der Waals surface area contributed by atoms with Gasteiger partial charge in [-0.15, -0.1) is 0 Å². The fourth-order valence-corrected chi connectivity index (χ4v) is 7.32. The summed E-state index contributed by atoms with van der Waals surface area (Å²) in [5.74, 6) is -0.736. The first-order chi connectivity index (χ1) is 12.6. The van der Waals surface area contributed by atoms with Crippen LogP contribution < -0.4 is 0 Å². The molecule has 0 spiro atoms. The van der Waals surface area contributed by atoms with Crippen LogP contribution in [0.5, 0.6) is 0 Å². The summed E-state index contributed by atoms with van der Waals surface area (Å²) < 4.78 is 0. The van der Waals surface area contributed by atoms with Crippen LogP contribution in [0, 0.1) is 28.6 Å². The summed E-state index contributed by atoms with van der Waals surface area (Å²) in [5.41, 5.74) is -2.13. The summed E-state index contributed by atoms with van der Waals surface area (Å²) in [7, 11) is 0. The highest BCUT2D eigenvalue weighted by Crippen LogP contribution is 2.67. The van der Waals surface area contributed by atoms with E-state index < -0.39 is 41.0 Å². The van der Waals surface area contributed by atoms with E-state index in [0.29, 0.717) is 19.3 Å². The highest BCUT2D eigenvalue weighted by atomic mass is 16.3. The van der Waals surface area contributed by atoms with Gasteiger partial charge in [0.2, 0.25) is 0 Å². The zero-order chi connectivity index (χ0) is 19.8. The fraction of sp³-hybridized carbons (Fsp3) is 0.810. The van der Waals surface area contributed by atoms with Crippen molar-refractivity contribution in [2.75, 3.05) is 6.61 Å². The number of carbonyl (C=O) groups is 2. The molecule has 6 heteroatoms. The van der Waals surface area contributed by atoms with E-state index in [-0.39, 0.29) is 36.4 Å². The zero-order valence-electron chi connectivity index (χ0n) is 16.0. The van der Waals surface area contributed by atoms with E-state index in [9.17, 15) is 30.0 Å². The molecule has 0 saturated heterocycles. The summed E-state index contributed by atoms with van der Waals surface area (Å²) in [6.07, 6.45) is 2.79. The van der Waals surface area contributed by atoms with Gasteiger partial charge in [0.05, 0.1) is 12.2 Å². The number of Topliss-reactive ketones (excluding diaryl/α,β-unsaturated/α-hetero) is 1. The van der Waals surface area contributed by atoms with Crippen LogP contribution in [0.3, 0.4) is 0 Å². The molecular formula is C21H30O6. The molecule has 0 bridgehead atoms. The molecular weight excluding hydrogens is 348 g/mol. The van der Waals surface area contributed by atoms with Gasteiger partial charge in [0, 0.05) is 17.3 Å². The van der Waals surface area contributed by atoms with E-state index in [0.717, 1.165) is 12.0 Å². The molecule has 8 atom stereocenters. The number of rotatable bonds is 2. The molecule has 0 heterocycles. The van der Waals surface area contributed by atoms with Crippen LogP contribution in [0.1, 0.15) is 52.4 Å². The molecule has 0 aliphatic heterocycles. The Bertz CT molecular complexity index is 715. The van der Waals surface area contributed by atoms with E-state index in [1.807, 2.05) is 13.8 Å². The van der Waals surface area contributed by atoms with Crippen molar-refractivity contribution in [3.63, 3.8) is 0 Å². The summed E-state index contributed by atoms with van der Waals surface area (Å²) in [5, 5.41) is 42.6. The lowest BCUT2D eigenvalue weighted by molar-refractivity contribution is -0.190. The van der Waals surface area contributed by atoms with E-state index in [1.165, 1.54) is 0 Å². The fourth-order valence-electron chi connectivity index (χ4n) is 7.32. The molecule has 0 aromatic heterocycles. The van der Waals surface area contributed by atoms with Crippen molar-refractivity contribution in [3.05, 3.63) is 11.6 Å². The number of carbonyl (C=O) groups excluding carboxylic acids is 2. The Morgan fingerprint density at radius 1 is 1.26 bits per heavy atom. The lowest BCUT2D eigenvalue weighted by Crippen LogP contribution is -2.63. The Morgan fingerprint density at radius 2 is 1.96 bits per heavy atom. The first kappa shape index (κ1) is 19.2. The molecule has 4 aliphatic rings. The normalized spacial score (nSPS) is 51.9. The maximum absolute atomic E-state index is 12.4. The third-order valence-electron chi connectivity index (χ3n) is 8.76. The van der Waals surface area contributed by atoms with Crippen LogP contribution in [0.2, 0.25) is 0 Å². The van der Waals surface area contributed by atoms with E-state index in [4.69, 9.17) is 0 Å². The number of hydrogen-bond donors (Lipinski definition) is 4. The number of ketones is 2. The molecule has 3 saturated carbocycles. The van der Waals surface area contributed by atoms with Crippen molar-refractivity contribution in [1.29, 1.82) is 0 Å². The second kappa shape index (κ2) is 5.96. The van der Waals surface area contributed by atoms with Crippen molar-refractivity contribution in [2.45, 2.75) is 70.2 Å². The topological polar surface area (TPSA) is 115 Å². The van der Waals surface area contributed by atoms with Gasteiger partial charge in [-0.25, -0.2) is 0 Å². The third kappa shape index (κ3) is 2.27. The predicted molar refractivity (Wildman–Crippen MR) is 96.5 cm³/mol. The van der Waals surface area contributed by atoms with Crippen LogP contribution in [0.15, 0.2) is 11.6 Å². The van der Waals surface area contributed by atoms with Crippen LogP contribution in [0.25, 0.3) is 0 Å². The third-order valence-corrected chi connectivity index (χ3v) is 8.76. The Kier molecular flexibility index (Phi) is 4.25. The van der Waals surface area contributed by atoms with Gasteiger partial charge < -0.3 is 20.4 Å². The molecule has 0 aromatic carbocycles. The highest BCUT2D eigenvalue weighted by Gasteiger charge is 2.69. The summed E-state index contributed by atoms with van der Waals surface area (Å²) >= 11 is 0. The van der Waals surface area contributed by atoms with Crippen molar-refractivity contribution >= 4 is 11.6 Å². The van der Waals surface area contributed by atoms with Gasteiger partial charge >= 0.3 is 0 Å². The smallest absolute Gasteiger partial charge is 0.190 e. The van der Waals surface area contributed by atoms with Crippen molar-refractivity contribution in [2.24, 2.45) is 28.6 Å². The SMILES string of the molecule is C[C@]12C[C@@H](O)[C@H]3[C@@H](CCC4=CC(=O)CC(O)[C@@]43C)[C@@H]1CC[C@]2(O)C(=O)CO.